The minimum Gasteiger partial charge on any atom is -0.455 e. The maximum Gasteiger partial charge on any atom is 0.368 e. The van der Waals surface area contributed by atoms with Gasteiger partial charge in [-0.3, -0.25) is 4.79 Å². The summed E-state index contributed by atoms with van der Waals surface area (Å²) < 4.78 is 4.77. The van der Waals surface area contributed by atoms with E-state index >= 15 is 0 Å². The summed E-state index contributed by atoms with van der Waals surface area (Å²) in [6.07, 6.45) is 0. The minimum absolute atomic E-state index is 0.0163. The molecular weight excluding hydrogens is 347 g/mol. The molecule has 1 rings (SSSR count). The maximum atomic E-state index is 11.9. The first kappa shape index (κ1) is 17.2. The molecule has 0 saturated heterocycles. The molecule has 1 aromatic heterocycles. The van der Waals surface area contributed by atoms with Crippen molar-refractivity contribution in [1.29, 1.82) is 0 Å². The highest BCUT2D eigenvalue weighted by Gasteiger charge is 2.26. The lowest BCUT2D eigenvalue weighted by Crippen LogP contribution is -2.23. The quantitative estimate of drug-likeness (QED) is 0.508. The van der Waals surface area contributed by atoms with Crippen molar-refractivity contribution in [3.05, 3.63) is 15.2 Å². The first-order chi connectivity index (χ1) is 9.03. The highest BCUT2D eigenvalue weighted by Crippen LogP contribution is 2.33. The number of esters is 1. The molecule has 0 aromatic carbocycles. The SMILES string of the molecule is CC(C)(C)OC(=O)c1nc(C(C(=O)Cl)=C(Cl)Cl)c(N)s1. The lowest BCUT2D eigenvalue weighted by molar-refractivity contribution is -0.106. The van der Waals surface area contributed by atoms with Crippen molar-refractivity contribution >= 4 is 67.9 Å². The van der Waals surface area contributed by atoms with Crippen LogP contribution in [-0.2, 0) is 9.53 Å². The number of nitrogen functional groups attached to an aromatic ring is 1. The zero-order valence-electron chi connectivity index (χ0n) is 10.8. The van der Waals surface area contributed by atoms with E-state index < -0.39 is 16.8 Å². The normalized spacial score (nSPS) is 11.1. The minimum atomic E-state index is -0.919. The fraction of sp³-hybridized carbons (Fsp3) is 0.364. The van der Waals surface area contributed by atoms with Crippen molar-refractivity contribution in [2.45, 2.75) is 26.4 Å². The number of ether oxygens (including phenoxy) is 1. The summed E-state index contributed by atoms with van der Waals surface area (Å²) in [4.78, 5) is 27.1. The molecule has 0 aliphatic rings. The van der Waals surface area contributed by atoms with E-state index in [9.17, 15) is 9.59 Å². The summed E-state index contributed by atoms with van der Waals surface area (Å²) in [6.45, 7) is 5.14. The third kappa shape index (κ3) is 4.34. The standard InChI is InChI=1S/C11H11Cl3N2O3S/c1-11(2,3)19-10(18)9-16-5(8(15)20-9)4(6(12)13)7(14)17/h15H2,1-3H3. The van der Waals surface area contributed by atoms with Gasteiger partial charge in [-0.2, -0.15) is 0 Å². The molecular formula is C11H11Cl3N2O3S. The first-order valence-corrected chi connectivity index (χ1v) is 7.23. The van der Waals surface area contributed by atoms with Crippen molar-refractivity contribution < 1.29 is 14.3 Å². The predicted molar refractivity (Wildman–Crippen MR) is 81.2 cm³/mol. The molecule has 0 amide bonds. The van der Waals surface area contributed by atoms with E-state index in [1.807, 2.05) is 0 Å². The largest absolute Gasteiger partial charge is 0.455 e. The Labute approximate surface area is 134 Å². The summed E-state index contributed by atoms with van der Waals surface area (Å²) in [5, 5.41) is -0.844. The van der Waals surface area contributed by atoms with Gasteiger partial charge in [-0.05, 0) is 32.4 Å². The van der Waals surface area contributed by atoms with Crippen LogP contribution in [0.1, 0.15) is 36.3 Å². The van der Waals surface area contributed by atoms with Gasteiger partial charge in [0.15, 0.2) is 0 Å². The Kier molecular flexibility index (Phi) is 5.43. The number of rotatable bonds is 3. The molecule has 20 heavy (non-hydrogen) atoms. The van der Waals surface area contributed by atoms with Crippen LogP contribution < -0.4 is 5.73 Å². The molecule has 0 aliphatic heterocycles. The second kappa shape index (κ2) is 6.30. The van der Waals surface area contributed by atoms with Crippen LogP contribution >= 0.6 is 46.1 Å². The average Bonchev–Trinajstić information content (AvgIpc) is 2.57. The number of anilines is 1. The molecule has 0 spiro atoms. The van der Waals surface area contributed by atoms with Crippen LogP contribution in [0.4, 0.5) is 5.00 Å². The smallest absolute Gasteiger partial charge is 0.368 e. The molecule has 5 nitrogen and oxygen atoms in total. The van der Waals surface area contributed by atoms with Crippen LogP contribution in [0, 0.1) is 0 Å². The van der Waals surface area contributed by atoms with Gasteiger partial charge >= 0.3 is 5.97 Å². The molecule has 1 heterocycles. The van der Waals surface area contributed by atoms with Gasteiger partial charge in [0.2, 0.25) is 5.01 Å². The fourth-order valence-corrected chi connectivity index (χ4v) is 2.52. The van der Waals surface area contributed by atoms with Gasteiger partial charge in [0.25, 0.3) is 5.24 Å². The van der Waals surface area contributed by atoms with Crippen molar-refractivity contribution in [2.24, 2.45) is 0 Å². The van der Waals surface area contributed by atoms with Gasteiger partial charge in [-0.25, -0.2) is 9.78 Å². The van der Waals surface area contributed by atoms with Gasteiger partial charge in [0.05, 0.1) is 5.57 Å². The Morgan fingerprint density at radius 3 is 2.20 bits per heavy atom. The van der Waals surface area contributed by atoms with E-state index in [0.29, 0.717) is 0 Å². The van der Waals surface area contributed by atoms with E-state index in [4.69, 9.17) is 45.3 Å². The van der Waals surface area contributed by atoms with Crippen LogP contribution in [-0.4, -0.2) is 21.8 Å². The van der Waals surface area contributed by atoms with Gasteiger partial charge in [0, 0.05) is 0 Å². The monoisotopic (exact) mass is 356 g/mol. The lowest BCUT2D eigenvalue weighted by Gasteiger charge is -2.18. The Hall–Kier alpha value is -0.820. The molecule has 0 radical (unpaired) electrons. The molecule has 2 N–H and O–H groups in total. The van der Waals surface area contributed by atoms with Crippen LogP contribution in [0.25, 0.3) is 5.57 Å². The Bertz CT molecular complexity index is 586. The number of aromatic nitrogens is 1. The number of carbonyl (C=O) groups is 2. The summed E-state index contributed by atoms with van der Waals surface area (Å²) in [7, 11) is 0. The number of thiazole rings is 1. The highest BCUT2D eigenvalue weighted by molar-refractivity contribution is 7.17. The third-order valence-corrected chi connectivity index (χ3v) is 3.28. The Morgan fingerprint density at radius 1 is 1.25 bits per heavy atom. The van der Waals surface area contributed by atoms with E-state index in [0.717, 1.165) is 11.3 Å². The highest BCUT2D eigenvalue weighted by atomic mass is 35.5. The summed E-state index contributed by atoms with van der Waals surface area (Å²) >= 11 is 17.4. The molecule has 0 atom stereocenters. The van der Waals surface area contributed by atoms with E-state index in [2.05, 4.69) is 4.98 Å². The van der Waals surface area contributed by atoms with Gasteiger partial charge < -0.3 is 10.5 Å². The topological polar surface area (TPSA) is 82.3 Å². The average molecular weight is 358 g/mol. The number of nitrogens with zero attached hydrogens (tertiary/aromatic N) is 1. The summed E-state index contributed by atoms with van der Waals surface area (Å²) in [5.74, 6) is -0.660. The molecule has 1 aromatic rings. The van der Waals surface area contributed by atoms with E-state index in [1.54, 1.807) is 20.8 Å². The maximum absolute atomic E-state index is 11.9. The zero-order valence-corrected chi connectivity index (χ0v) is 13.9. The van der Waals surface area contributed by atoms with Crippen LogP contribution in [0.15, 0.2) is 4.49 Å². The molecule has 0 bridgehead atoms. The summed E-state index contributed by atoms with van der Waals surface area (Å²) in [6, 6.07) is 0. The van der Waals surface area contributed by atoms with Gasteiger partial charge in [0.1, 0.15) is 20.8 Å². The molecule has 0 unspecified atom stereocenters. The predicted octanol–water partition coefficient (Wildman–Crippen LogP) is 3.59. The molecule has 0 fully saturated rings. The number of allylic oxidation sites excluding steroid dienone is 1. The lowest BCUT2D eigenvalue weighted by atomic mass is 10.2. The molecule has 110 valence electrons. The van der Waals surface area contributed by atoms with Crippen molar-refractivity contribution in [3.63, 3.8) is 0 Å². The second-order valence-electron chi connectivity index (χ2n) is 4.64. The number of hydrogen-bond acceptors (Lipinski definition) is 6. The molecule has 9 heteroatoms. The van der Waals surface area contributed by atoms with Crippen molar-refractivity contribution in [2.75, 3.05) is 5.73 Å². The fourth-order valence-electron chi connectivity index (χ4n) is 1.18. The van der Waals surface area contributed by atoms with Crippen LogP contribution in [0.3, 0.4) is 0 Å². The molecule has 0 saturated carbocycles. The number of carbonyl (C=O) groups excluding carboxylic acids is 2. The van der Waals surface area contributed by atoms with Crippen molar-refractivity contribution in [1.82, 2.24) is 4.98 Å². The molecule has 0 aliphatic carbocycles. The van der Waals surface area contributed by atoms with Crippen LogP contribution in [0.2, 0.25) is 0 Å². The first-order valence-electron chi connectivity index (χ1n) is 5.28. The van der Waals surface area contributed by atoms with Crippen LogP contribution in [0.5, 0.6) is 0 Å². The van der Waals surface area contributed by atoms with Gasteiger partial charge in [-0.15, -0.1) is 0 Å². The van der Waals surface area contributed by atoms with E-state index in [1.165, 1.54) is 0 Å². The Balaban J connectivity index is 3.20. The number of halogens is 3. The van der Waals surface area contributed by atoms with Gasteiger partial charge in [-0.1, -0.05) is 34.5 Å². The number of hydrogen-bond donors (Lipinski definition) is 1. The zero-order chi connectivity index (χ0) is 15.7. The Morgan fingerprint density at radius 2 is 1.80 bits per heavy atom. The van der Waals surface area contributed by atoms with Crippen molar-refractivity contribution in [3.8, 4) is 0 Å². The summed E-state index contributed by atoms with van der Waals surface area (Å²) in [5.41, 5.74) is 4.74. The third-order valence-electron chi connectivity index (χ3n) is 1.85. The number of nitrogens with two attached hydrogens (primary N) is 1. The second-order valence-corrected chi connectivity index (χ2v) is 6.97. The van der Waals surface area contributed by atoms with E-state index in [-0.39, 0.29) is 25.8 Å².